The summed E-state index contributed by atoms with van der Waals surface area (Å²) in [4.78, 5) is 15.5. The number of carbonyl (C=O) groups excluding carboxylic acids is 1. The molecule has 2 unspecified atom stereocenters. The molecule has 0 bridgehead atoms. The van der Waals surface area contributed by atoms with Crippen molar-refractivity contribution >= 4 is 22.5 Å². The van der Waals surface area contributed by atoms with Crippen LogP contribution >= 0.6 is 0 Å². The lowest BCUT2D eigenvalue weighted by Crippen LogP contribution is -2.57. The van der Waals surface area contributed by atoms with E-state index in [2.05, 4.69) is 99.8 Å². The molecule has 47 heavy (non-hydrogen) atoms. The molecule has 0 aromatic carbocycles. The summed E-state index contributed by atoms with van der Waals surface area (Å²) in [5.41, 5.74) is 5.67. The van der Waals surface area contributed by atoms with Gasteiger partial charge < -0.3 is 18.5 Å². The van der Waals surface area contributed by atoms with Crippen molar-refractivity contribution in [2.45, 2.75) is 168 Å². The summed E-state index contributed by atoms with van der Waals surface area (Å²) in [7, 11) is -4.49. The normalized spacial score (nSPS) is 31.4. The Morgan fingerprint density at radius 3 is 2.23 bits per heavy atom. The molecule has 1 aliphatic heterocycles. The number of likely N-dealkylation sites (tertiary alicyclic amines) is 1. The number of fused-ring (bicyclic) bond motifs is 1. The Bertz CT molecular complexity index is 1260. The average molecular weight is 684 g/mol. The lowest BCUT2D eigenvalue weighted by molar-refractivity contribution is -0.211. The van der Waals surface area contributed by atoms with Gasteiger partial charge in [0.05, 0.1) is 6.10 Å². The molecule has 4 atom stereocenters. The summed E-state index contributed by atoms with van der Waals surface area (Å²) < 4.78 is 21.4. The second-order valence-electron chi connectivity index (χ2n) is 18.4. The summed E-state index contributed by atoms with van der Waals surface area (Å²) >= 11 is 0. The first-order valence-electron chi connectivity index (χ1n) is 18.7. The minimum Gasteiger partial charge on any atom is -0.410 e. The van der Waals surface area contributed by atoms with Crippen molar-refractivity contribution in [3.05, 3.63) is 47.1 Å². The number of allylic oxidation sites excluding steroid dienone is 5. The highest BCUT2D eigenvalue weighted by Crippen LogP contribution is 2.56. The SMILES string of the molecule is C=C1C(=CC=C2CCC[C@]3(C)C(CC)=CCC23)CC(OCC(=O)N2CCCCC2)(O[Si](C)(C)C(C)(C)C)C[C@@H]1O[Si](C)(C)C(C)(C)C. The number of ether oxygens (including phenoxy) is 1. The van der Waals surface area contributed by atoms with Crippen LogP contribution in [-0.4, -0.2) is 59.0 Å². The van der Waals surface area contributed by atoms with E-state index in [9.17, 15) is 4.79 Å². The van der Waals surface area contributed by atoms with Gasteiger partial charge in [0.15, 0.2) is 22.4 Å². The van der Waals surface area contributed by atoms with Crippen LogP contribution in [0.5, 0.6) is 0 Å². The first-order valence-corrected chi connectivity index (χ1v) is 24.5. The molecule has 0 aromatic heterocycles. The van der Waals surface area contributed by atoms with Gasteiger partial charge in [-0.2, -0.15) is 0 Å². The molecule has 1 saturated heterocycles. The van der Waals surface area contributed by atoms with Gasteiger partial charge in [-0.25, -0.2) is 0 Å². The molecule has 0 N–H and O–H groups in total. The van der Waals surface area contributed by atoms with Gasteiger partial charge in [-0.3, -0.25) is 4.79 Å². The van der Waals surface area contributed by atoms with Gasteiger partial charge in [0.1, 0.15) is 6.61 Å². The second kappa shape index (κ2) is 14.2. The predicted octanol–water partition coefficient (Wildman–Crippen LogP) is 10.9. The van der Waals surface area contributed by atoms with Crippen LogP contribution in [-0.2, 0) is 18.4 Å². The Hall–Kier alpha value is -1.26. The van der Waals surface area contributed by atoms with E-state index >= 15 is 0 Å². The number of carbonyl (C=O) groups is 1. The molecule has 1 heterocycles. The Kier molecular flexibility index (Phi) is 11.6. The lowest BCUT2D eigenvalue weighted by Gasteiger charge is -2.51. The maximum absolute atomic E-state index is 13.5. The van der Waals surface area contributed by atoms with Gasteiger partial charge in [0.25, 0.3) is 0 Å². The maximum atomic E-state index is 13.5. The van der Waals surface area contributed by atoms with Crippen LogP contribution in [0.15, 0.2) is 47.1 Å². The third-order valence-corrected chi connectivity index (χ3v) is 22.0. The minimum absolute atomic E-state index is 0.0185. The van der Waals surface area contributed by atoms with E-state index in [0.717, 1.165) is 56.3 Å². The van der Waals surface area contributed by atoms with E-state index in [-0.39, 0.29) is 34.1 Å². The smallest absolute Gasteiger partial charge is 0.248 e. The summed E-state index contributed by atoms with van der Waals surface area (Å²) in [6.07, 6.45) is 17.4. The fourth-order valence-electron chi connectivity index (χ4n) is 7.82. The molecule has 2 saturated carbocycles. The van der Waals surface area contributed by atoms with Gasteiger partial charge in [0, 0.05) is 25.9 Å². The minimum atomic E-state index is -2.32. The molecule has 266 valence electrons. The highest BCUT2D eigenvalue weighted by molar-refractivity contribution is 6.74. The molecule has 5 nitrogen and oxygen atoms in total. The van der Waals surface area contributed by atoms with Crippen molar-refractivity contribution in [3.63, 3.8) is 0 Å². The van der Waals surface area contributed by atoms with Crippen LogP contribution in [0.3, 0.4) is 0 Å². The molecule has 3 aliphatic carbocycles. The monoisotopic (exact) mass is 683 g/mol. The third kappa shape index (κ3) is 8.38. The van der Waals surface area contributed by atoms with Crippen molar-refractivity contribution in [2.24, 2.45) is 11.3 Å². The highest BCUT2D eigenvalue weighted by atomic mass is 28.4. The van der Waals surface area contributed by atoms with E-state index in [1.807, 2.05) is 4.90 Å². The van der Waals surface area contributed by atoms with Gasteiger partial charge in [0.2, 0.25) is 5.91 Å². The predicted molar refractivity (Wildman–Crippen MR) is 202 cm³/mol. The number of nitrogens with zero attached hydrogens (tertiary/aromatic N) is 1. The highest BCUT2D eigenvalue weighted by Gasteiger charge is 2.52. The van der Waals surface area contributed by atoms with Gasteiger partial charge in [-0.1, -0.05) is 91.3 Å². The first-order chi connectivity index (χ1) is 21.6. The molecule has 0 spiro atoms. The van der Waals surface area contributed by atoms with Crippen LogP contribution in [0.2, 0.25) is 36.3 Å². The van der Waals surface area contributed by atoms with E-state index in [0.29, 0.717) is 18.8 Å². The third-order valence-electron chi connectivity index (χ3n) is 13.0. The molecule has 0 radical (unpaired) electrons. The number of piperidine rings is 1. The zero-order valence-electron chi connectivity index (χ0n) is 32.4. The Morgan fingerprint density at radius 1 is 1.00 bits per heavy atom. The largest absolute Gasteiger partial charge is 0.410 e. The molecule has 1 amide bonds. The second-order valence-corrected chi connectivity index (χ2v) is 27.8. The Labute approximate surface area is 290 Å². The number of hydrogen-bond donors (Lipinski definition) is 0. The van der Waals surface area contributed by atoms with Crippen molar-refractivity contribution < 1.29 is 18.4 Å². The molecule has 0 aromatic rings. The van der Waals surface area contributed by atoms with E-state index in [1.165, 1.54) is 19.3 Å². The maximum Gasteiger partial charge on any atom is 0.248 e. The van der Waals surface area contributed by atoms with Crippen LogP contribution in [0.25, 0.3) is 0 Å². The average Bonchev–Trinajstić information content (AvgIpc) is 3.32. The first kappa shape index (κ1) is 38.5. The van der Waals surface area contributed by atoms with E-state index in [4.69, 9.17) is 20.2 Å². The Balaban J connectivity index is 1.75. The zero-order valence-corrected chi connectivity index (χ0v) is 34.4. The lowest BCUT2D eigenvalue weighted by atomic mass is 9.64. The fourth-order valence-corrected chi connectivity index (χ4v) is 10.6. The quantitative estimate of drug-likeness (QED) is 0.138. The summed E-state index contributed by atoms with van der Waals surface area (Å²) in [6.45, 7) is 34.1. The molecule has 4 rings (SSSR count). The van der Waals surface area contributed by atoms with Gasteiger partial charge in [-0.15, -0.1) is 0 Å². The van der Waals surface area contributed by atoms with Crippen molar-refractivity contribution in [1.29, 1.82) is 0 Å². The van der Waals surface area contributed by atoms with Gasteiger partial charge >= 0.3 is 0 Å². The van der Waals surface area contributed by atoms with Gasteiger partial charge in [-0.05, 0) is 110 Å². The fraction of sp³-hybridized carbons (Fsp3) is 0.775. The van der Waals surface area contributed by atoms with E-state index < -0.39 is 22.4 Å². The summed E-state index contributed by atoms with van der Waals surface area (Å²) in [6, 6.07) is 0. The van der Waals surface area contributed by atoms with Crippen molar-refractivity contribution in [2.75, 3.05) is 19.7 Å². The van der Waals surface area contributed by atoms with Crippen LogP contribution in [0, 0.1) is 11.3 Å². The molecular formula is C40H69NO4Si2. The van der Waals surface area contributed by atoms with Crippen molar-refractivity contribution in [1.82, 2.24) is 4.90 Å². The summed E-state index contributed by atoms with van der Waals surface area (Å²) in [5.74, 6) is -0.312. The van der Waals surface area contributed by atoms with Crippen LogP contribution in [0.1, 0.15) is 120 Å². The Morgan fingerprint density at radius 2 is 1.64 bits per heavy atom. The zero-order chi connectivity index (χ0) is 35.1. The van der Waals surface area contributed by atoms with Crippen molar-refractivity contribution in [3.8, 4) is 0 Å². The standard InChI is InChI=1S/C40H69NO4Si2/c1-14-33-22-23-34-31(19-18-24-39(33,34)9)20-21-32-27-40(45-47(12,13)38(6,7)8,43-29-36(42)41-25-16-15-17-26-41)28-35(30(32)2)44-46(10,11)37(3,4)5/h20-22,34-35H,2,14-19,23-29H2,1,3-13H3/t34?,35-,39+,40?/m0/s1. The topological polar surface area (TPSA) is 48.0 Å². The number of amides is 1. The molecular weight excluding hydrogens is 615 g/mol. The summed E-state index contributed by atoms with van der Waals surface area (Å²) in [5, 5.41) is 0.0268. The molecule has 7 heteroatoms. The molecule has 3 fully saturated rings. The number of rotatable bonds is 9. The number of hydrogen-bond acceptors (Lipinski definition) is 4. The molecule has 4 aliphatic rings. The van der Waals surface area contributed by atoms with Crippen LogP contribution in [0.4, 0.5) is 0 Å². The van der Waals surface area contributed by atoms with E-state index in [1.54, 1.807) is 11.1 Å². The van der Waals surface area contributed by atoms with Crippen LogP contribution < -0.4 is 0 Å².